The Bertz CT molecular complexity index is 689. The molecule has 1 atom stereocenters. The van der Waals surface area contributed by atoms with Gasteiger partial charge in [0.2, 0.25) is 0 Å². The smallest absolute Gasteiger partial charge is 0.414 e. The maximum atomic E-state index is 11.7. The van der Waals surface area contributed by atoms with Crippen LogP contribution < -0.4 is 10.2 Å². The molecule has 0 bridgehead atoms. The summed E-state index contributed by atoms with van der Waals surface area (Å²) in [6.07, 6.45) is 3.13. The van der Waals surface area contributed by atoms with E-state index in [0.29, 0.717) is 13.2 Å². The maximum absolute atomic E-state index is 11.7. The summed E-state index contributed by atoms with van der Waals surface area (Å²) in [6, 6.07) is 7.92. The molecule has 1 saturated heterocycles. The molecule has 0 radical (unpaired) electrons. The molecule has 3 rings (SSSR count). The number of anilines is 2. The fourth-order valence-electron chi connectivity index (χ4n) is 2.43. The van der Waals surface area contributed by atoms with Crippen LogP contribution in [-0.4, -0.2) is 29.2 Å². The van der Waals surface area contributed by atoms with E-state index < -0.39 is 0 Å². The molecular weight excluding hydrogens is 280 g/mol. The number of carbonyl (C=O) groups is 1. The van der Waals surface area contributed by atoms with E-state index in [2.05, 4.69) is 15.3 Å². The van der Waals surface area contributed by atoms with Crippen molar-refractivity contribution in [3.8, 4) is 0 Å². The van der Waals surface area contributed by atoms with Crippen LogP contribution in [-0.2, 0) is 4.74 Å². The standard InChI is InChI=1S/C16H18N4O2/c1-11-9-17-10-15(18-11)19-12(2)13-4-3-5-14(8-13)20-6-7-22-16(20)21/h3-5,8-10,12H,6-7H2,1-2H3,(H,18,19). The molecule has 0 spiro atoms. The Balaban J connectivity index is 1.78. The van der Waals surface area contributed by atoms with Crippen molar-refractivity contribution in [3.63, 3.8) is 0 Å². The first kappa shape index (κ1) is 14.3. The first-order valence-electron chi connectivity index (χ1n) is 7.23. The number of benzene rings is 1. The lowest BCUT2D eigenvalue weighted by molar-refractivity contribution is 0.181. The van der Waals surface area contributed by atoms with Crippen molar-refractivity contribution in [1.82, 2.24) is 9.97 Å². The summed E-state index contributed by atoms with van der Waals surface area (Å²) in [5, 5.41) is 3.32. The predicted octanol–water partition coefficient (Wildman–Crippen LogP) is 2.91. The van der Waals surface area contributed by atoms with Crippen LogP contribution >= 0.6 is 0 Å². The second kappa shape index (κ2) is 6.01. The fourth-order valence-corrected chi connectivity index (χ4v) is 2.43. The Hall–Kier alpha value is -2.63. The molecule has 1 aliphatic rings. The second-order valence-electron chi connectivity index (χ2n) is 5.27. The monoisotopic (exact) mass is 298 g/mol. The first-order chi connectivity index (χ1) is 10.6. The first-order valence-corrected chi connectivity index (χ1v) is 7.23. The van der Waals surface area contributed by atoms with E-state index in [9.17, 15) is 4.79 Å². The van der Waals surface area contributed by atoms with E-state index in [0.717, 1.165) is 22.8 Å². The third-order valence-corrected chi connectivity index (χ3v) is 3.56. The fraction of sp³-hybridized carbons (Fsp3) is 0.312. The molecule has 2 aromatic rings. The highest BCUT2D eigenvalue weighted by atomic mass is 16.6. The van der Waals surface area contributed by atoms with Gasteiger partial charge in [-0.05, 0) is 31.5 Å². The lowest BCUT2D eigenvalue weighted by Gasteiger charge is -2.18. The van der Waals surface area contributed by atoms with E-state index in [1.807, 2.05) is 38.1 Å². The summed E-state index contributed by atoms with van der Waals surface area (Å²) in [5.74, 6) is 0.735. The minimum Gasteiger partial charge on any atom is -0.447 e. The van der Waals surface area contributed by atoms with Crippen LogP contribution in [0.25, 0.3) is 0 Å². The molecule has 1 aromatic heterocycles. The summed E-state index contributed by atoms with van der Waals surface area (Å²) in [5.41, 5.74) is 2.79. The van der Waals surface area contributed by atoms with E-state index >= 15 is 0 Å². The zero-order valence-electron chi connectivity index (χ0n) is 12.6. The number of nitrogens with one attached hydrogen (secondary N) is 1. The molecule has 1 unspecified atom stereocenters. The van der Waals surface area contributed by atoms with Crippen molar-refractivity contribution < 1.29 is 9.53 Å². The highest BCUT2D eigenvalue weighted by Gasteiger charge is 2.23. The molecule has 0 aliphatic carbocycles. The molecule has 2 heterocycles. The van der Waals surface area contributed by atoms with Gasteiger partial charge in [0.15, 0.2) is 0 Å². The molecule has 1 aliphatic heterocycles. The lowest BCUT2D eigenvalue weighted by atomic mass is 10.1. The van der Waals surface area contributed by atoms with E-state index in [4.69, 9.17) is 4.74 Å². The van der Waals surface area contributed by atoms with Crippen LogP contribution in [0.2, 0.25) is 0 Å². The molecule has 1 amide bonds. The quantitative estimate of drug-likeness (QED) is 0.940. The number of hydrogen-bond donors (Lipinski definition) is 1. The van der Waals surface area contributed by atoms with E-state index in [-0.39, 0.29) is 12.1 Å². The third kappa shape index (κ3) is 3.00. The van der Waals surface area contributed by atoms with Crippen molar-refractivity contribution in [2.24, 2.45) is 0 Å². The van der Waals surface area contributed by atoms with Gasteiger partial charge in [-0.2, -0.15) is 0 Å². The molecule has 6 heteroatoms. The van der Waals surface area contributed by atoms with Crippen molar-refractivity contribution in [3.05, 3.63) is 47.9 Å². The summed E-state index contributed by atoms with van der Waals surface area (Å²) >= 11 is 0. The van der Waals surface area contributed by atoms with Crippen molar-refractivity contribution >= 4 is 17.6 Å². The average molecular weight is 298 g/mol. The molecular formula is C16H18N4O2. The summed E-state index contributed by atoms with van der Waals surface area (Å²) in [7, 11) is 0. The van der Waals surface area contributed by atoms with Crippen LogP contribution in [0.1, 0.15) is 24.2 Å². The van der Waals surface area contributed by atoms with Gasteiger partial charge in [0.05, 0.1) is 24.5 Å². The Morgan fingerprint density at radius 3 is 2.95 bits per heavy atom. The number of carbonyl (C=O) groups excluding carboxylic acids is 1. The Kier molecular flexibility index (Phi) is 3.91. The third-order valence-electron chi connectivity index (χ3n) is 3.56. The van der Waals surface area contributed by atoms with Crippen molar-refractivity contribution in [2.45, 2.75) is 19.9 Å². The number of cyclic esters (lactones) is 1. The zero-order chi connectivity index (χ0) is 15.5. The highest BCUT2D eigenvalue weighted by molar-refractivity contribution is 5.89. The van der Waals surface area contributed by atoms with E-state index in [1.165, 1.54) is 0 Å². The van der Waals surface area contributed by atoms with Gasteiger partial charge in [-0.25, -0.2) is 9.78 Å². The molecule has 114 valence electrons. The number of hydrogen-bond acceptors (Lipinski definition) is 5. The molecule has 6 nitrogen and oxygen atoms in total. The summed E-state index contributed by atoms with van der Waals surface area (Å²) in [4.78, 5) is 21.8. The lowest BCUT2D eigenvalue weighted by Crippen LogP contribution is -2.23. The van der Waals surface area contributed by atoms with Crippen molar-refractivity contribution in [2.75, 3.05) is 23.4 Å². The molecule has 22 heavy (non-hydrogen) atoms. The number of aromatic nitrogens is 2. The number of nitrogens with zero attached hydrogens (tertiary/aromatic N) is 3. The molecule has 1 N–H and O–H groups in total. The highest BCUT2D eigenvalue weighted by Crippen LogP contribution is 2.24. The van der Waals surface area contributed by atoms with E-state index in [1.54, 1.807) is 17.3 Å². The van der Waals surface area contributed by atoms with Crippen LogP contribution in [0.3, 0.4) is 0 Å². The van der Waals surface area contributed by atoms with Gasteiger partial charge < -0.3 is 10.1 Å². The van der Waals surface area contributed by atoms with Gasteiger partial charge >= 0.3 is 6.09 Å². The Morgan fingerprint density at radius 2 is 2.23 bits per heavy atom. The topological polar surface area (TPSA) is 67.3 Å². The maximum Gasteiger partial charge on any atom is 0.414 e. The Labute approximate surface area is 129 Å². The number of amides is 1. The predicted molar refractivity (Wildman–Crippen MR) is 83.9 cm³/mol. The van der Waals surface area contributed by atoms with Gasteiger partial charge in [-0.15, -0.1) is 0 Å². The second-order valence-corrected chi connectivity index (χ2v) is 5.27. The zero-order valence-corrected chi connectivity index (χ0v) is 12.6. The van der Waals surface area contributed by atoms with Crippen LogP contribution in [0.4, 0.5) is 16.3 Å². The van der Waals surface area contributed by atoms with Gasteiger partial charge in [0, 0.05) is 11.9 Å². The van der Waals surface area contributed by atoms with Crippen LogP contribution in [0.15, 0.2) is 36.7 Å². The summed E-state index contributed by atoms with van der Waals surface area (Å²) in [6.45, 7) is 4.98. The Morgan fingerprint density at radius 1 is 1.36 bits per heavy atom. The van der Waals surface area contributed by atoms with Gasteiger partial charge in [0.1, 0.15) is 12.4 Å². The molecule has 0 saturated carbocycles. The summed E-state index contributed by atoms with van der Waals surface area (Å²) < 4.78 is 4.98. The van der Waals surface area contributed by atoms with Gasteiger partial charge in [0.25, 0.3) is 0 Å². The molecule has 1 aromatic carbocycles. The van der Waals surface area contributed by atoms with Crippen LogP contribution in [0.5, 0.6) is 0 Å². The van der Waals surface area contributed by atoms with Gasteiger partial charge in [-0.1, -0.05) is 12.1 Å². The van der Waals surface area contributed by atoms with Gasteiger partial charge in [-0.3, -0.25) is 9.88 Å². The van der Waals surface area contributed by atoms with Crippen molar-refractivity contribution in [1.29, 1.82) is 0 Å². The SMILES string of the molecule is Cc1cncc(NC(C)c2cccc(N3CCOC3=O)c2)n1. The minimum absolute atomic E-state index is 0.0506. The number of ether oxygens (including phenoxy) is 1. The number of aryl methyl sites for hydroxylation is 1. The largest absolute Gasteiger partial charge is 0.447 e. The normalized spacial score (nSPS) is 15.5. The average Bonchev–Trinajstić information content (AvgIpc) is 2.93. The number of rotatable bonds is 4. The van der Waals surface area contributed by atoms with Crippen LogP contribution in [0, 0.1) is 6.92 Å². The molecule has 1 fully saturated rings. The minimum atomic E-state index is -0.290.